The van der Waals surface area contributed by atoms with Crippen molar-refractivity contribution >= 4 is 40.0 Å². The predicted molar refractivity (Wildman–Crippen MR) is 144 cm³/mol. The van der Waals surface area contributed by atoms with Gasteiger partial charge in [0.1, 0.15) is 17.3 Å². The van der Waals surface area contributed by atoms with Crippen LogP contribution in [0.2, 0.25) is 5.02 Å². The van der Waals surface area contributed by atoms with Crippen LogP contribution in [0.3, 0.4) is 0 Å². The number of amides is 2. The summed E-state index contributed by atoms with van der Waals surface area (Å²) in [7, 11) is 0. The first-order valence-electron chi connectivity index (χ1n) is 12.0. The number of nitrogens with one attached hydrogen (secondary N) is 2. The van der Waals surface area contributed by atoms with E-state index >= 15 is 4.39 Å². The minimum atomic E-state index is -4.54. The zero-order valence-corrected chi connectivity index (χ0v) is 22.4. The van der Waals surface area contributed by atoms with Gasteiger partial charge in [0.2, 0.25) is 5.91 Å². The topological polar surface area (TPSA) is 80.3 Å². The number of benzene rings is 3. The fourth-order valence-electron chi connectivity index (χ4n) is 3.77. The van der Waals surface area contributed by atoms with Gasteiger partial charge in [0.25, 0.3) is 5.91 Å². The molecule has 0 bridgehead atoms. The van der Waals surface area contributed by atoms with E-state index in [0.717, 1.165) is 12.1 Å². The molecular formula is C29H24ClF4N3O3. The zero-order valence-electron chi connectivity index (χ0n) is 21.6. The Morgan fingerprint density at radius 3 is 2.42 bits per heavy atom. The minimum absolute atomic E-state index is 0.0408. The summed E-state index contributed by atoms with van der Waals surface area (Å²) in [5.74, 6) is -1.88. The number of para-hydroxylation sites is 1. The summed E-state index contributed by atoms with van der Waals surface area (Å²) in [5.41, 5.74) is -1.45. The molecule has 0 unspecified atom stereocenters. The van der Waals surface area contributed by atoms with E-state index < -0.39 is 34.4 Å². The van der Waals surface area contributed by atoms with Gasteiger partial charge in [0.05, 0.1) is 27.4 Å². The molecule has 0 aliphatic heterocycles. The summed E-state index contributed by atoms with van der Waals surface area (Å²) in [6, 6.07) is 13.4. The molecule has 2 amide bonds. The second-order valence-corrected chi connectivity index (χ2v) is 10.3. The number of carbonyl (C=O) groups excluding carboxylic acids is 2. The first kappa shape index (κ1) is 28.8. The summed E-state index contributed by atoms with van der Waals surface area (Å²) < 4.78 is 60.4. The van der Waals surface area contributed by atoms with E-state index in [1.807, 2.05) is 0 Å². The van der Waals surface area contributed by atoms with Gasteiger partial charge in [0.15, 0.2) is 0 Å². The number of nitrogens with zero attached hydrogens (tertiary/aromatic N) is 1. The molecule has 208 valence electrons. The van der Waals surface area contributed by atoms with Crippen LogP contribution in [-0.2, 0) is 17.5 Å². The number of alkyl halides is 3. The van der Waals surface area contributed by atoms with Gasteiger partial charge in [-0.3, -0.25) is 14.6 Å². The van der Waals surface area contributed by atoms with Crippen molar-refractivity contribution in [1.82, 2.24) is 10.3 Å². The Hall–Kier alpha value is -4.18. The molecule has 6 nitrogen and oxygen atoms in total. The molecule has 3 aromatic carbocycles. The molecule has 40 heavy (non-hydrogen) atoms. The average molecular weight is 574 g/mol. The molecule has 11 heteroatoms. The normalized spacial score (nSPS) is 11.8. The Balaban J connectivity index is 1.62. The second-order valence-electron chi connectivity index (χ2n) is 9.92. The van der Waals surface area contributed by atoms with Crippen LogP contribution < -0.4 is 15.4 Å². The molecule has 1 aromatic heterocycles. The number of carbonyl (C=O) groups is 2. The van der Waals surface area contributed by atoms with Crippen LogP contribution in [0.15, 0.2) is 66.9 Å². The number of ether oxygens (including phenoxy) is 1. The molecule has 2 N–H and O–H groups in total. The Labute approximate surface area is 232 Å². The number of rotatable bonds is 6. The number of pyridine rings is 1. The molecule has 0 fully saturated rings. The van der Waals surface area contributed by atoms with Gasteiger partial charge in [0, 0.05) is 29.1 Å². The van der Waals surface area contributed by atoms with Crippen LogP contribution in [0.25, 0.3) is 10.9 Å². The summed E-state index contributed by atoms with van der Waals surface area (Å²) in [4.78, 5) is 29.6. The standard InChI is InChI=1S/C29H24ClF4N3O3/c1-28(2,3)27(39)36-15-16-10-11-20(30)23(24(16)31)26(38)37-21-9-5-8-19-22(12-13-35-25(19)21)40-18-7-4-6-17(14-18)29(32,33)34/h4-14H,15H2,1-3H3,(H,36,39)(H,37,38). The van der Waals surface area contributed by atoms with Crippen molar-refractivity contribution in [1.29, 1.82) is 0 Å². The molecule has 0 spiro atoms. The number of anilines is 1. The Bertz CT molecular complexity index is 1600. The number of hydrogen-bond acceptors (Lipinski definition) is 4. The van der Waals surface area contributed by atoms with Crippen LogP contribution in [0.4, 0.5) is 23.2 Å². The smallest absolute Gasteiger partial charge is 0.416 e. The van der Waals surface area contributed by atoms with E-state index in [-0.39, 0.29) is 45.7 Å². The Morgan fingerprint density at radius 1 is 1.00 bits per heavy atom. The fourth-order valence-corrected chi connectivity index (χ4v) is 4.00. The first-order chi connectivity index (χ1) is 18.8. The number of hydrogen-bond donors (Lipinski definition) is 2. The van der Waals surface area contributed by atoms with E-state index in [1.54, 1.807) is 32.9 Å². The van der Waals surface area contributed by atoms with Gasteiger partial charge in [-0.25, -0.2) is 4.39 Å². The van der Waals surface area contributed by atoms with Crippen LogP contribution in [0, 0.1) is 11.2 Å². The number of aromatic nitrogens is 1. The van der Waals surface area contributed by atoms with Crippen molar-refractivity contribution in [3.8, 4) is 11.5 Å². The maximum Gasteiger partial charge on any atom is 0.416 e. The molecule has 0 aliphatic carbocycles. The monoisotopic (exact) mass is 573 g/mol. The highest BCUT2D eigenvalue weighted by Crippen LogP contribution is 2.36. The molecule has 0 saturated heterocycles. The molecule has 0 atom stereocenters. The van der Waals surface area contributed by atoms with Crippen LogP contribution in [0.5, 0.6) is 11.5 Å². The first-order valence-corrected chi connectivity index (χ1v) is 12.4. The van der Waals surface area contributed by atoms with Crippen LogP contribution in [-0.4, -0.2) is 16.8 Å². The predicted octanol–water partition coefficient (Wildman–Crippen LogP) is 7.75. The maximum absolute atomic E-state index is 15.4. The third-order valence-electron chi connectivity index (χ3n) is 5.89. The molecule has 0 saturated carbocycles. The third kappa shape index (κ3) is 6.34. The highest BCUT2D eigenvalue weighted by atomic mass is 35.5. The van der Waals surface area contributed by atoms with E-state index in [1.165, 1.54) is 42.6 Å². The number of halogens is 5. The number of fused-ring (bicyclic) bond motifs is 1. The molecule has 4 rings (SSSR count). The summed E-state index contributed by atoms with van der Waals surface area (Å²) in [5, 5.41) is 5.49. The maximum atomic E-state index is 15.4. The highest BCUT2D eigenvalue weighted by molar-refractivity contribution is 6.34. The van der Waals surface area contributed by atoms with Crippen molar-refractivity contribution in [2.75, 3.05) is 5.32 Å². The van der Waals surface area contributed by atoms with E-state index in [9.17, 15) is 22.8 Å². The van der Waals surface area contributed by atoms with Gasteiger partial charge in [-0.05, 0) is 42.5 Å². The molecule has 0 radical (unpaired) electrons. The van der Waals surface area contributed by atoms with Gasteiger partial charge >= 0.3 is 6.18 Å². The zero-order chi connectivity index (χ0) is 29.2. The Kier molecular flexibility index (Phi) is 8.02. The highest BCUT2D eigenvalue weighted by Gasteiger charge is 2.30. The van der Waals surface area contributed by atoms with Crippen LogP contribution in [0.1, 0.15) is 42.3 Å². The summed E-state index contributed by atoms with van der Waals surface area (Å²) in [6.45, 7) is 5.00. The lowest BCUT2D eigenvalue weighted by Gasteiger charge is -2.18. The van der Waals surface area contributed by atoms with Crippen molar-refractivity contribution in [3.05, 3.63) is 94.4 Å². The largest absolute Gasteiger partial charge is 0.457 e. The van der Waals surface area contributed by atoms with Crippen molar-refractivity contribution in [2.24, 2.45) is 5.41 Å². The fraction of sp³-hybridized carbons (Fsp3) is 0.207. The van der Waals surface area contributed by atoms with Crippen molar-refractivity contribution in [2.45, 2.75) is 33.5 Å². The summed E-state index contributed by atoms with van der Waals surface area (Å²) >= 11 is 6.17. The lowest BCUT2D eigenvalue weighted by molar-refractivity contribution is -0.137. The Morgan fingerprint density at radius 2 is 1.73 bits per heavy atom. The third-order valence-corrected chi connectivity index (χ3v) is 6.20. The van der Waals surface area contributed by atoms with Gasteiger partial charge < -0.3 is 15.4 Å². The summed E-state index contributed by atoms with van der Waals surface area (Å²) in [6.07, 6.45) is -3.17. The van der Waals surface area contributed by atoms with E-state index in [4.69, 9.17) is 16.3 Å². The minimum Gasteiger partial charge on any atom is -0.457 e. The lowest BCUT2D eigenvalue weighted by atomic mass is 9.95. The van der Waals surface area contributed by atoms with Crippen LogP contribution >= 0.6 is 11.6 Å². The second kappa shape index (κ2) is 11.1. The van der Waals surface area contributed by atoms with Crippen molar-refractivity contribution in [3.63, 3.8) is 0 Å². The molecule has 4 aromatic rings. The quantitative estimate of drug-likeness (QED) is 0.231. The molecule has 0 aliphatic rings. The van der Waals surface area contributed by atoms with E-state index in [0.29, 0.717) is 5.39 Å². The van der Waals surface area contributed by atoms with Gasteiger partial charge in [-0.2, -0.15) is 13.2 Å². The van der Waals surface area contributed by atoms with E-state index in [2.05, 4.69) is 15.6 Å². The van der Waals surface area contributed by atoms with Crippen molar-refractivity contribution < 1.29 is 31.9 Å². The molecule has 1 heterocycles. The molecular weight excluding hydrogens is 550 g/mol. The lowest BCUT2D eigenvalue weighted by Crippen LogP contribution is -2.34. The SMILES string of the molecule is CC(C)(C)C(=O)NCc1ccc(Cl)c(C(=O)Nc2cccc3c(Oc4cccc(C(F)(F)F)c4)ccnc23)c1F. The average Bonchev–Trinajstić information content (AvgIpc) is 2.88. The van der Waals surface area contributed by atoms with Gasteiger partial charge in [-0.15, -0.1) is 0 Å². The van der Waals surface area contributed by atoms with Gasteiger partial charge in [-0.1, -0.05) is 50.6 Å².